The van der Waals surface area contributed by atoms with Crippen molar-refractivity contribution >= 4 is 23.2 Å². The lowest BCUT2D eigenvalue weighted by atomic mass is 10.1. The molecule has 6 nitrogen and oxygen atoms in total. The zero-order valence-corrected chi connectivity index (χ0v) is 16.2. The number of nitrogens with one attached hydrogen (secondary N) is 3. The van der Waals surface area contributed by atoms with Crippen molar-refractivity contribution in [2.45, 2.75) is 26.0 Å². The molecule has 0 saturated carbocycles. The molecule has 1 amide bonds. The molecule has 0 aliphatic heterocycles. The van der Waals surface area contributed by atoms with Crippen molar-refractivity contribution in [3.8, 4) is 0 Å². The second kappa shape index (κ2) is 9.35. The van der Waals surface area contributed by atoms with Gasteiger partial charge in [0.2, 0.25) is 0 Å². The molecule has 26 heavy (non-hydrogen) atoms. The Morgan fingerprint density at radius 2 is 1.96 bits per heavy atom. The van der Waals surface area contributed by atoms with E-state index in [1.807, 2.05) is 36.6 Å². The molecule has 0 aliphatic carbocycles. The number of aliphatic hydroxyl groups is 1. The summed E-state index contributed by atoms with van der Waals surface area (Å²) in [7, 11) is 1.61. The number of hydrogen-bond donors (Lipinski definition) is 4. The van der Waals surface area contributed by atoms with E-state index in [1.165, 1.54) is 11.3 Å². The minimum absolute atomic E-state index is 0.106. The van der Waals surface area contributed by atoms with Crippen LogP contribution < -0.4 is 16.0 Å². The summed E-state index contributed by atoms with van der Waals surface area (Å²) >= 11 is 1.53. The normalized spacial score (nSPS) is 13.8. The Kier molecular flexibility index (Phi) is 7.17. The molecule has 7 heteroatoms. The van der Waals surface area contributed by atoms with Crippen molar-refractivity contribution in [1.29, 1.82) is 0 Å². The third-order valence-electron chi connectivity index (χ3n) is 3.86. The molecule has 140 valence electrons. The van der Waals surface area contributed by atoms with E-state index >= 15 is 0 Å². The van der Waals surface area contributed by atoms with Gasteiger partial charge in [0.1, 0.15) is 5.60 Å². The van der Waals surface area contributed by atoms with Crippen LogP contribution in [0.1, 0.15) is 34.6 Å². The quantitative estimate of drug-likeness (QED) is 0.441. The zero-order chi connectivity index (χ0) is 19.0. The standard InChI is InChI=1S/C19H26N4O2S/c1-4-21-18(23-13-19(2,25)16-6-5-11-26-16)22-12-14-7-9-15(10-8-14)17(24)20-3/h5-11,25H,4,12-13H2,1-3H3,(H,20,24)(H2,21,22,23). The van der Waals surface area contributed by atoms with Crippen LogP contribution in [-0.4, -0.2) is 37.1 Å². The van der Waals surface area contributed by atoms with Crippen molar-refractivity contribution in [2.75, 3.05) is 20.1 Å². The summed E-state index contributed by atoms with van der Waals surface area (Å²) in [5, 5.41) is 21.5. The fourth-order valence-corrected chi connectivity index (χ4v) is 3.13. The van der Waals surface area contributed by atoms with E-state index in [0.29, 0.717) is 24.6 Å². The minimum atomic E-state index is -0.959. The van der Waals surface area contributed by atoms with Crippen molar-refractivity contribution < 1.29 is 9.90 Å². The number of amides is 1. The first kappa shape index (κ1) is 19.9. The Bertz CT molecular complexity index is 725. The summed E-state index contributed by atoms with van der Waals surface area (Å²) in [6.07, 6.45) is 0. The lowest BCUT2D eigenvalue weighted by molar-refractivity contribution is 0.0655. The molecule has 1 atom stereocenters. The summed E-state index contributed by atoms with van der Waals surface area (Å²) in [6.45, 7) is 5.34. The second-order valence-corrected chi connectivity index (χ2v) is 7.02. The van der Waals surface area contributed by atoms with Crippen LogP contribution >= 0.6 is 11.3 Å². The van der Waals surface area contributed by atoms with Gasteiger partial charge in [0.15, 0.2) is 5.96 Å². The monoisotopic (exact) mass is 374 g/mol. The highest BCUT2D eigenvalue weighted by Gasteiger charge is 2.24. The summed E-state index contributed by atoms with van der Waals surface area (Å²) in [6, 6.07) is 11.2. The smallest absolute Gasteiger partial charge is 0.251 e. The van der Waals surface area contributed by atoms with Crippen LogP contribution in [0, 0.1) is 0 Å². The molecule has 0 aliphatic rings. The number of thiophene rings is 1. The topological polar surface area (TPSA) is 85.8 Å². The van der Waals surface area contributed by atoms with Gasteiger partial charge in [-0.3, -0.25) is 4.79 Å². The maximum atomic E-state index is 11.6. The molecule has 0 bridgehead atoms. The van der Waals surface area contributed by atoms with Crippen molar-refractivity contribution in [2.24, 2.45) is 4.99 Å². The molecule has 1 aromatic heterocycles. The van der Waals surface area contributed by atoms with Crippen LogP contribution in [0.15, 0.2) is 46.8 Å². The summed E-state index contributed by atoms with van der Waals surface area (Å²) < 4.78 is 0. The van der Waals surface area contributed by atoms with Crippen LogP contribution in [-0.2, 0) is 12.1 Å². The van der Waals surface area contributed by atoms with Crippen LogP contribution in [0.3, 0.4) is 0 Å². The van der Waals surface area contributed by atoms with Gasteiger partial charge in [0.25, 0.3) is 5.91 Å². The Hall–Kier alpha value is -2.38. The van der Waals surface area contributed by atoms with Gasteiger partial charge in [-0.25, -0.2) is 4.99 Å². The number of hydrogen-bond acceptors (Lipinski definition) is 4. The Morgan fingerprint density at radius 3 is 2.54 bits per heavy atom. The van der Waals surface area contributed by atoms with E-state index in [2.05, 4.69) is 20.9 Å². The number of aliphatic imine (C=N–C) groups is 1. The maximum Gasteiger partial charge on any atom is 0.251 e. The van der Waals surface area contributed by atoms with Crippen molar-refractivity contribution in [3.63, 3.8) is 0 Å². The first-order chi connectivity index (χ1) is 12.5. The van der Waals surface area contributed by atoms with Crippen molar-refractivity contribution in [1.82, 2.24) is 16.0 Å². The lowest BCUT2D eigenvalue weighted by Gasteiger charge is -2.23. The molecule has 0 radical (unpaired) electrons. The number of carbonyl (C=O) groups excluding carboxylic acids is 1. The van der Waals surface area contributed by atoms with E-state index in [-0.39, 0.29) is 5.91 Å². The number of rotatable bonds is 7. The van der Waals surface area contributed by atoms with E-state index in [9.17, 15) is 9.90 Å². The van der Waals surface area contributed by atoms with Gasteiger partial charge >= 0.3 is 0 Å². The number of benzene rings is 1. The highest BCUT2D eigenvalue weighted by molar-refractivity contribution is 7.10. The van der Waals surface area contributed by atoms with E-state index in [1.54, 1.807) is 26.1 Å². The fraction of sp³-hybridized carbons (Fsp3) is 0.368. The molecule has 1 aromatic carbocycles. The van der Waals surface area contributed by atoms with Gasteiger partial charge in [-0.2, -0.15) is 0 Å². The van der Waals surface area contributed by atoms with Gasteiger partial charge in [-0.1, -0.05) is 18.2 Å². The average Bonchev–Trinajstić information content (AvgIpc) is 3.19. The molecular weight excluding hydrogens is 348 g/mol. The molecule has 2 aromatic rings. The van der Waals surface area contributed by atoms with Gasteiger partial charge in [-0.15, -0.1) is 11.3 Å². The number of nitrogens with zero attached hydrogens (tertiary/aromatic N) is 1. The van der Waals surface area contributed by atoms with Crippen LogP contribution in [0.4, 0.5) is 0 Å². The third kappa shape index (κ3) is 5.57. The third-order valence-corrected chi connectivity index (χ3v) is 4.98. The summed E-state index contributed by atoms with van der Waals surface area (Å²) in [5.41, 5.74) is 0.664. The number of carbonyl (C=O) groups is 1. The van der Waals surface area contributed by atoms with Crippen LogP contribution in [0.2, 0.25) is 0 Å². The first-order valence-electron chi connectivity index (χ1n) is 8.56. The van der Waals surface area contributed by atoms with E-state index in [0.717, 1.165) is 17.0 Å². The highest BCUT2D eigenvalue weighted by Crippen LogP contribution is 2.24. The maximum absolute atomic E-state index is 11.6. The molecule has 1 heterocycles. The van der Waals surface area contributed by atoms with Gasteiger partial charge in [0, 0.05) is 24.0 Å². The van der Waals surface area contributed by atoms with Crippen LogP contribution in [0.5, 0.6) is 0 Å². The molecule has 0 fully saturated rings. The molecule has 2 rings (SSSR count). The molecule has 0 saturated heterocycles. The predicted octanol–water partition coefficient (Wildman–Crippen LogP) is 2.07. The lowest BCUT2D eigenvalue weighted by Crippen LogP contribution is -2.44. The van der Waals surface area contributed by atoms with Gasteiger partial charge in [-0.05, 0) is 43.0 Å². The fourth-order valence-electron chi connectivity index (χ4n) is 2.35. The van der Waals surface area contributed by atoms with Gasteiger partial charge < -0.3 is 21.1 Å². The minimum Gasteiger partial charge on any atom is -0.383 e. The Morgan fingerprint density at radius 1 is 1.23 bits per heavy atom. The zero-order valence-electron chi connectivity index (χ0n) is 15.4. The molecule has 1 unspecified atom stereocenters. The average molecular weight is 375 g/mol. The Labute approximate surface area is 158 Å². The molecule has 0 spiro atoms. The molecular formula is C19H26N4O2S. The SMILES string of the molecule is CCNC(=NCc1ccc(C(=O)NC)cc1)NCC(C)(O)c1cccs1. The predicted molar refractivity (Wildman–Crippen MR) is 107 cm³/mol. The summed E-state index contributed by atoms with van der Waals surface area (Å²) in [5.74, 6) is 0.533. The second-order valence-electron chi connectivity index (χ2n) is 6.08. The van der Waals surface area contributed by atoms with E-state index < -0.39 is 5.60 Å². The molecule has 4 N–H and O–H groups in total. The van der Waals surface area contributed by atoms with E-state index in [4.69, 9.17) is 0 Å². The van der Waals surface area contributed by atoms with Gasteiger partial charge in [0.05, 0.1) is 13.1 Å². The largest absolute Gasteiger partial charge is 0.383 e. The first-order valence-corrected chi connectivity index (χ1v) is 9.44. The van der Waals surface area contributed by atoms with Crippen molar-refractivity contribution in [3.05, 3.63) is 57.8 Å². The summed E-state index contributed by atoms with van der Waals surface area (Å²) in [4.78, 5) is 17.0. The number of guanidine groups is 1. The Balaban J connectivity index is 1.99. The van der Waals surface area contributed by atoms with Crippen LogP contribution in [0.25, 0.3) is 0 Å². The highest BCUT2D eigenvalue weighted by atomic mass is 32.1.